The van der Waals surface area contributed by atoms with Gasteiger partial charge in [0.1, 0.15) is 4.88 Å². The highest BCUT2D eigenvalue weighted by molar-refractivity contribution is 7.08. The Balaban J connectivity index is 1.54. The van der Waals surface area contributed by atoms with Gasteiger partial charge in [-0.3, -0.25) is 9.59 Å². The Morgan fingerprint density at radius 1 is 1.30 bits per heavy atom. The molecule has 0 spiro atoms. The van der Waals surface area contributed by atoms with Gasteiger partial charge in [-0.2, -0.15) is 0 Å². The largest absolute Gasteiger partial charge is 0.340 e. The molecule has 140 valence electrons. The molecule has 0 radical (unpaired) electrons. The van der Waals surface area contributed by atoms with Gasteiger partial charge in [0, 0.05) is 24.2 Å². The zero-order valence-corrected chi connectivity index (χ0v) is 16.1. The second kappa shape index (κ2) is 9.28. The molecule has 0 bridgehead atoms. The van der Waals surface area contributed by atoms with Gasteiger partial charge in [-0.25, -0.2) is 0 Å². The van der Waals surface area contributed by atoms with Crippen molar-refractivity contribution in [2.75, 3.05) is 18.0 Å². The van der Waals surface area contributed by atoms with Crippen molar-refractivity contribution in [1.82, 2.24) is 14.9 Å². The Morgan fingerprint density at radius 2 is 2.11 bits per heavy atom. The number of aryl methyl sites for hydroxylation is 1. The quantitative estimate of drug-likeness (QED) is 0.807. The van der Waals surface area contributed by atoms with Crippen molar-refractivity contribution in [3.05, 3.63) is 40.4 Å². The van der Waals surface area contributed by atoms with E-state index in [2.05, 4.69) is 26.7 Å². The van der Waals surface area contributed by atoms with E-state index in [-0.39, 0.29) is 18.4 Å². The Morgan fingerprint density at radius 3 is 2.85 bits per heavy atom. The number of nitrogens with zero attached hydrogens (tertiary/aromatic N) is 3. The minimum atomic E-state index is -0.179. The summed E-state index contributed by atoms with van der Waals surface area (Å²) in [7, 11) is 0. The maximum Gasteiger partial charge on any atom is 0.265 e. The van der Waals surface area contributed by atoms with Crippen LogP contribution in [0.3, 0.4) is 0 Å². The Kier molecular flexibility index (Phi) is 6.55. The first-order valence-corrected chi connectivity index (χ1v) is 9.95. The zero-order chi connectivity index (χ0) is 19.1. The smallest absolute Gasteiger partial charge is 0.265 e. The average molecular weight is 382 g/mol. The summed E-state index contributed by atoms with van der Waals surface area (Å²) in [6.07, 6.45) is 4.31. The summed E-state index contributed by atoms with van der Waals surface area (Å²) in [5.74, 6) is 5.99. The van der Waals surface area contributed by atoms with Gasteiger partial charge in [0.05, 0.1) is 12.2 Å². The predicted octanol–water partition coefficient (Wildman–Crippen LogP) is 2.79. The lowest BCUT2D eigenvalue weighted by Gasteiger charge is -2.26. The topological polar surface area (TPSA) is 75.2 Å². The van der Waals surface area contributed by atoms with Crippen molar-refractivity contribution in [2.45, 2.75) is 39.0 Å². The molecule has 7 heteroatoms. The van der Waals surface area contributed by atoms with Crippen LogP contribution in [0.1, 0.15) is 53.5 Å². The minimum Gasteiger partial charge on any atom is -0.340 e. The summed E-state index contributed by atoms with van der Waals surface area (Å²) in [5.41, 5.74) is 2.51. The highest BCUT2D eigenvalue weighted by atomic mass is 32.1. The van der Waals surface area contributed by atoms with Gasteiger partial charge in [0.2, 0.25) is 5.91 Å². The number of carbonyl (C=O) groups excluding carboxylic acids is 2. The third-order valence-corrected chi connectivity index (χ3v) is 5.09. The van der Waals surface area contributed by atoms with Crippen LogP contribution in [-0.2, 0) is 11.2 Å². The molecule has 1 N–H and O–H groups in total. The highest BCUT2D eigenvalue weighted by Crippen LogP contribution is 2.21. The van der Waals surface area contributed by atoms with Crippen LogP contribution in [0.2, 0.25) is 0 Å². The third-order valence-electron chi connectivity index (χ3n) is 4.32. The number of benzene rings is 1. The van der Waals surface area contributed by atoms with E-state index in [4.69, 9.17) is 0 Å². The summed E-state index contributed by atoms with van der Waals surface area (Å²) in [5, 5.41) is 6.79. The van der Waals surface area contributed by atoms with E-state index in [1.54, 1.807) is 0 Å². The molecule has 1 saturated heterocycles. The second-order valence-electron chi connectivity index (χ2n) is 6.33. The van der Waals surface area contributed by atoms with Gasteiger partial charge in [-0.1, -0.05) is 29.7 Å². The zero-order valence-electron chi connectivity index (χ0n) is 15.3. The number of aromatic nitrogens is 2. The minimum absolute atomic E-state index is 0.179. The number of nitrogens with one attached hydrogen (secondary N) is 1. The number of hydrogen-bond acceptors (Lipinski definition) is 5. The van der Waals surface area contributed by atoms with Crippen molar-refractivity contribution in [1.29, 1.82) is 0 Å². The molecule has 0 saturated carbocycles. The first-order valence-electron chi connectivity index (χ1n) is 9.17. The summed E-state index contributed by atoms with van der Waals surface area (Å²) < 4.78 is 3.86. The van der Waals surface area contributed by atoms with Crippen LogP contribution in [-0.4, -0.2) is 34.5 Å². The predicted molar refractivity (Wildman–Crippen MR) is 106 cm³/mol. The molecule has 2 aromatic rings. The number of piperidine rings is 1. The molecule has 0 aliphatic carbocycles. The number of rotatable bonds is 5. The molecule has 0 atom stereocenters. The van der Waals surface area contributed by atoms with E-state index in [0.29, 0.717) is 11.3 Å². The van der Waals surface area contributed by atoms with Gasteiger partial charge >= 0.3 is 0 Å². The summed E-state index contributed by atoms with van der Waals surface area (Å²) in [6, 6.07) is 7.65. The maximum atomic E-state index is 12.2. The van der Waals surface area contributed by atoms with Gasteiger partial charge in [-0.15, -0.1) is 5.10 Å². The van der Waals surface area contributed by atoms with Gasteiger partial charge in [0.25, 0.3) is 5.91 Å². The molecular weight excluding hydrogens is 360 g/mol. The molecule has 27 heavy (non-hydrogen) atoms. The molecule has 1 aromatic carbocycles. The lowest BCUT2D eigenvalue weighted by molar-refractivity contribution is -0.119. The van der Waals surface area contributed by atoms with Crippen molar-refractivity contribution in [2.24, 2.45) is 0 Å². The van der Waals surface area contributed by atoms with Crippen molar-refractivity contribution in [3.8, 4) is 11.8 Å². The van der Waals surface area contributed by atoms with Crippen LogP contribution in [0.25, 0.3) is 0 Å². The number of anilines is 1. The van der Waals surface area contributed by atoms with E-state index in [1.165, 1.54) is 0 Å². The number of hydrogen-bond donors (Lipinski definition) is 1. The summed E-state index contributed by atoms with van der Waals surface area (Å²) >= 11 is 1.11. The molecule has 2 heterocycles. The molecule has 3 rings (SSSR count). The standard InChI is InChI=1S/C20H22N4O2S/c1-2-6-17-19(27-23-22-17)20(26)21-13-5-7-15-9-11-16(12-10-15)24-14-4-3-8-18(24)25/h9-12H,2-4,6,8,13-14H2,1H3,(H,21,26). The fraction of sp³-hybridized carbons (Fsp3) is 0.400. The molecule has 6 nitrogen and oxygen atoms in total. The van der Waals surface area contributed by atoms with Crippen molar-refractivity contribution in [3.63, 3.8) is 0 Å². The molecule has 1 aliphatic rings. The lowest BCUT2D eigenvalue weighted by atomic mass is 10.1. The molecule has 1 aromatic heterocycles. The van der Waals surface area contributed by atoms with Crippen molar-refractivity contribution >= 4 is 29.0 Å². The lowest BCUT2D eigenvalue weighted by Crippen LogP contribution is -2.35. The van der Waals surface area contributed by atoms with Crippen LogP contribution in [0.5, 0.6) is 0 Å². The van der Waals surface area contributed by atoms with E-state index >= 15 is 0 Å². The molecule has 0 unspecified atom stereocenters. The Labute approximate surface area is 163 Å². The highest BCUT2D eigenvalue weighted by Gasteiger charge is 2.19. The van der Waals surface area contributed by atoms with Crippen LogP contribution < -0.4 is 10.2 Å². The molecular formula is C20H22N4O2S. The van der Waals surface area contributed by atoms with E-state index in [1.807, 2.05) is 36.1 Å². The van der Waals surface area contributed by atoms with E-state index in [9.17, 15) is 9.59 Å². The first kappa shape index (κ1) is 19.1. The Bertz CT molecular complexity index is 864. The summed E-state index contributed by atoms with van der Waals surface area (Å²) in [4.78, 5) is 26.5. The van der Waals surface area contributed by atoms with Crippen LogP contribution >= 0.6 is 11.5 Å². The van der Waals surface area contributed by atoms with Crippen LogP contribution in [0.15, 0.2) is 24.3 Å². The van der Waals surface area contributed by atoms with Crippen LogP contribution in [0, 0.1) is 11.8 Å². The maximum absolute atomic E-state index is 12.2. The number of amides is 2. The SMILES string of the molecule is CCCc1nnsc1C(=O)NCC#Cc1ccc(N2CCCCC2=O)cc1. The normalized spacial score (nSPS) is 13.8. The number of carbonyl (C=O) groups is 2. The first-order chi connectivity index (χ1) is 13.2. The van der Waals surface area contributed by atoms with Gasteiger partial charge in [0.15, 0.2) is 0 Å². The van der Waals surface area contributed by atoms with Crippen LogP contribution in [0.4, 0.5) is 5.69 Å². The fourth-order valence-corrected chi connectivity index (χ4v) is 3.56. The third kappa shape index (κ3) is 4.92. The molecule has 2 amide bonds. The second-order valence-corrected chi connectivity index (χ2v) is 7.09. The Hall–Kier alpha value is -2.72. The molecule has 1 aliphatic heterocycles. The fourth-order valence-electron chi connectivity index (χ4n) is 2.94. The van der Waals surface area contributed by atoms with E-state index in [0.717, 1.165) is 60.7 Å². The monoisotopic (exact) mass is 382 g/mol. The van der Waals surface area contributed by atoms with Gasteiger partial charge < -0.3 is 10.2 Å². The average Bonchev–Trinajstić information content (AvgIpc) is 3.15. The van der Waals surface area contributed by atoms with Crippen molar-refractivity contribution < 1.29 is 9.59 Å². The van der Waals surface area contributed by atoms with Gasteiger partial charge in [-0.05, 0) is 55.1 Å². The molecule has 1 fully saturated rings. The summed E-state index contributed by atoms with van der Waals surface area (Å²) in [6.45, 7) is 3.08. The van der Waals surface area contributed by atoms with E-state index < -0.39 is 0 Å².